The van der Waals surface area contributed by atoms with E-state index in [4.69, 9.17) is 4.74 Å². The lowest BCUT2D eigenvalue weighted by Crippen LogP contribution is -2.37. The second-order valence-electron chi connectivity index (χ2n) is 5.19. The van der Waals surface area contributed by atoms with Crippen LogP contribution in [0.2, 0.25) is 0 Å². The fourth-order valence-corrected chi connectivity index (χ4v) is 2.79. The highest BCUT2D eigenvalue weighted by Gasteiger charge is 2.48. The van der Waals surface area contributed by atoms with Gasteiger partial charge in [-0.15, -0.1) is 0 Å². The molecule has 0 unspecified atom stereocenters. The zero-order valence-corrected chi connectivity index (χ0v) is 10.5. The SMILES string of the molecule is CN1C[C@]2(CCN(Cc3ccccn3)C2)OC1=O. The maximum Gasteiger partial charge on any atom is 0.410 e. The fraction of sp³-hybridized carbons (Fsp3) is 0.538. The zero-order valence-electron chi connectivity index (χ0n) is 10.5. The summed E-state index contributed by atoms with van der Waals surface area (Å²) in [4.78, 5) is 19.8. The quantitative estimate of drug-likeness (QED) is 0.785. The monoisotopic (exact) mass is 247 g/mol. The van der Waals surface area contributed by atoms with Crippen LogP contribution in [0.3, 0.4) is 0 Å². The van der Waals surface area contributed by atoms with E-state index in [1.165, 1.54) is 0 Å². The molecule has 1 atom stereocenters. The van der Waals surface area contributed by atoms with Gasteiger partial charge in [0.25, 0.3) is 0 Å². The maximum atomic E-state index is 11.5. The number of ether oxygens (including phenoxy) is 1. The Bertz CT molecular complexity index is 451. The third-order valence-corrected chi connectivity index (χ3v) is 3.65. The molecule has 0 saturated carbocycles. The first-order chi connectivity index (χ1) is 8.67. The number of amides is 1. The Labute approximate surface area is 106 Å². The number of rotatable bonds is 2. The van der Waals surface area contributed by atoms with Crippen LogP contribution in [0.1, 0.15) is 12.1 Å². The average molecular weight is 247 g/mol. The van der Waals surface area contributed by atoms with Gasteiger partial charge in [-0.05, 0) is 12.1 Å². The van der Waals surface area contributed by atoms with Crippen LogP contribution in [0.5, 0.6) is 0 Å². The van der Waals surface area contributed by atoms with E-state index in [9.17, 15) is 4.79 Å². The van der Waals surface area contributed by atoms with Crippen molar-refractivity contribution in [3.8, 4) is 0 Å². The molecule has 0 N–H and O–H groups in total. The van der Waals surface area contributed by atoms with Gasteiger partial charge >= 0.3 is 6.09 Å². The highest BCUT2D eigenvalue weighted by Crippen LogP contribution is 2.32. The topological polar surface area (TPSA) is 45.7 Å². The van der Waals surface area contributed by atoms with Crippen molar-refractivity contribution in [2.24, 2.45) is 0 Å². The number of nitrogens with zero attached hydrogens (tertiary/aromatic N) is 3. The summed E-state index contributed by atoms with van der Waals surface area (Å²) in [5.74, 6) is 0. The molecule has 3 rings (SSSR count). The fourth-order valence-electron chi connectivity index (χ4n) is 2.79. The summed E-state index contributed by atoms with van der Waals surface area (Å²) in [7, 11) is 1.79. The molecule has 1 amide bonds. The molecule has 0 aliphatic carbocycles. The molecule has 0 bridgehead atoms. The minimum absolute atomic E-state index is 0.199. The van der Waals surface area contributed by atoms with Gasteiger partial charge in [-0.3, -0.25) is 9.88 Å². The molecule has 2 fully saturated rings. The molecule has 2 saturated heterocycles. The van der Waals surface area contributed by atoms with Crippen LogP contribution in [0.4, 0.5) is 4.79 Å². The number of carbonyl (C=O) groups excluding carboxylic acids is 1. The number of carbonyl (C=O) groups is 1. The summed E-state index contributed by atoms with van der Waals surface area (Å²) in [6.07, 6.45) is 2.52. The van der Waals surface area contributed by atoms with Gasteiger partial charge in [0.1, 0.15) is 5.60 Å². The first-order valence-corrected chi connectivity index (χ1v) is 6.23. The van der Waals surface area contributed by atoms with Crippen LogP contribution in [0, 0.1) is 0 Å². The maximum absolute atomic E-state index is 11.5. The summed E-state index contributed by atoms with van der Waals surface area (Å²) in [6, 6.07) is 5.94. The molecule has 5 nitrogen and oxygen atoms in total. The summed E-state index contributed by atoms with van der Waals surface area (Å²) >= 11 is 0. The summed E-state index contributed by atoms with van der Waals surface area (Å²) in [6.45, 7) is 3.28. The van der Waals surface area contributed by atoms with E-state index in [1.54, 1.807) is 11.9 Å². The van der Waals surface area contributed by atoms with Crippen LogP contribution in [-0.4, -0.2) is 53.2 Å². The Morgan fingerprint density at radius 3 is 3.00 bits per heavy atom. The van der Waals surface area contributed by atoms with Crippen molar-refractivity contribution in [1.29, 1.82) is 0 Å². The van der Waals surface area contributed by atoms with Crippen LogP contribution in [-0.2, 0) is 11.3 Å². The Hall–Kier alpha value is -1.62. The predicted octanol–water partition coefficient (Wildman–Crippen LogP) is 1.11. The summed E-state index contributed by atoms with van der Waals surface area (Å²) < 4.78 is 5.51. The molecule has 2 aliphatic rings. The Morgan fingerprint density at radius 2 is 2.33 bits per heavy atom. The van der Waals surface area contributed by atoms with Crippen molar-refractivity contribution in [2.45, 2.75) is 18.6 Å². The molecule has 2 aliphatic heterocycles. The van der Waals surface area contributed by atoms with Crippen LogP contribution in [0.25, 0.3) is 0 Å². The standard InChI is InChI=1S/C13H17N3O2/c1-15-9-13(18-12(15)17)5-7-16(10-13)8-11-4-2-3-6-14-11/h2-4,6H,5,7-10H2,1H3/t13-/m0/s1. The highest BCUT2D eigenvalue weighted by molar-refractivity contribution is 5.70. The van der Waals surface area contributed by atoms with Crippen LogP contribution >= 0.6 is 0 Å². The molecule has 1 aromatic rings. The van der Waals surface area contributed by atoms with Gasteiger partial charge in [0.05, 0.1) is 12.2 Å². The van der Waals surface area contributed by atoms with E-state index in [2.05, 4.69) is 9.88 Å². The molecular formula is C13H17N3O2. The molecule has 0 radical (unpaired) electrons. The highest BCUT2D eigenvalue weighted by atomic mass is 16.6. The lowest BCUT2D eigenvalue weighted by molar-refractivity contribution is 0.0626. The number of hydrogen-bond donors (Lipinski definition) is 0. The van der Waals surface area contributed by atoms with Crippen LogP contribution in [0.15, 0.2) is 24.4 Å². The number of aromatic nitrogens is 1. The van der Waals surface area contributed by atoms with Crippen molar-refractivity contribution in [1.82, 2.24) is 14.8 Å². The summed E-state index contributed by atoms with van der Waals surface area (Å²) in [5.41, 5.74) is 0.771. The largest absolute Gasteiger partial charge is 0.439 e. The molecule has 0 aromatic carbocycles. The van der Waals surface area contributed by atoms with Gasteiger partial charge < -0.3 is 9.64 Å². The lowest BCUT2D eigenvalue weighted by atomic mass is 10.0. The first kappa shape index (κ1) is 11.5. The van der Waals surface area contributed by atoms with E-state index < -0.39 is 0 Å². The van der Waals surface area contributed by atoms with E-state index in [1.807, 2.05) is 24.4 Å². The minimum Gasteiger partial charge on any atom is -0.439 e. The molecule has 3 heterocycles. The van der Waals surface area contributed by atoms with E-state index in [-0.39, 0.29) is 11.7 Å². The van der Waals surface area contributed by atoms with E-state index in [0.29, 0.717) is 6.54 Å². The molecule has 5 heteroatoms. The molecule has 18 heavy (non-hydrogen) atoms. The lowest BCUT2D eigenvalue weighted by Gasteiger charge is -2.21. The smallest absolute Gasteiger partial charge is 0.410 e. The van der Waals surface area contributed by atoms with E-state index >= 15 is 0 Å². The van der Waals surface area contributed by atoms with Gasteiger partial charge in [-0.2, -0.15) is 0 Å². The van der Waals surface area contributed by atoms with Crippen molar-refractivity contribution >= 4 is 6.09 Å². The predicted molar refractivity (Wildman–Crippen MR) is 66.0 cm³/mol. The number of likely N-dealkylation sites (N-methyl/N-ethyl adjacent to an activating group) is 1. The molecule has 1 spiro atoms. The zero-order chi connectivity index (χ0) is 12.6. The van der Waals surface area contributed by atoms with Gasteiger partial charge in [0.15, 0.2) is 0 Å². The molecule has 96 valence electrons. The third kappa shape index (κ3) is 2.06. The van der Waals surface area contributed by atoms with Crippen molar-refractivity contribution in [2.75, 3.05) is 26.7 Å². The second kappa shape index (κ2) is 4.24. The van der Waals surface area contributed by atoms with Gasteiger partial charge in [0, 0.05) is 39.3 Å². The van der Waals surface area contributed by atoms with Crippen LogP contribution < -0.4 is 0 Å². The van der Waals surface area contributed by atoms with Crippen molar-refractivity contribution < 1.29 is 9.53 Å². The number of likely N-dealkylation sites (tertiary alicyclic amines) is 1. The first-order valence-electron chi connectivity index (χ1n) is 6.23. The third-order valence-electron chi connectivity index (χ3n) is 3.65. The minimum atomic E-state index is -0.291. The number of hydrogen-bond acceptors (Lipinski definition) is 4. The van der Waals surface area contributed by atoms with Gasteiger partial charge in [-0.1, -0.05) is 6.07 Å². The molecular weight excluding hydrogens is 230 g/mol. The summed E-state index contributed by atoms with van der Waals surface area (Å²) in [5, 5.41) is 0. The van der Waals surface area contributed by atoms with Crippen molar-refractivity contribution in [3.05, 3.63) is 30.1 Å². The van der Waals surface area contributed by atoms with Gasteiger partial charge in [0.2, 0.25) is 0 Å². The Kier molecular flexibility index (Phi) is 2.70. The van der Waals surface area contributed by atoms with Gasteiger partial charge in [-0.25, -0.2) is 4.79 Å². The normalized spacial score (nSPS) is 28.1. The van der Waals surface area contributed by atoms with E-state index in [0.717, 1.165) is 31.7 Å². The Morgan fingerprint density at radius 1 is 1.44 bits per heavy atom. The average Bonchev–Trinajstić information content (AvgIpc) is 2.85. The number of pyridine rings is 1. The Balaban J connectivity index is 1.64. The second-order valence-corrected chi connectivity index (χ2v) is 5.19. The molecule has 1 aromatic heterocycles. The van der Waals surface area contributed by atoms with Crippen molar-refractivity contribution in [3.63, 3.8) is 0 Å².